The molecule has 1 heterocycles. The van der Waals surface area contributed by atoms with E-state index in [9.17, 15) is 4.79 Å². The van der Waals surface area contributed by atoms with Crippen molar-refractivity contribution in [1.29, 1.82) is 0 Å². The molecule has 0 radical (unpaired) electrons. The summed E-state index contributed by atoms with van der Waals surface area (Å²) in [6.45, 7) is 6.79. The van der Waals surface area contributed by atoms with Crippen LogP contribution in [0.3, 0.4) is 0 Å². The van der Waals surface area contributed by atoms with Crippen LogP contribution in [0.15, 0.2) is 11.4 Å². The van der Waals surface area contributed by atoms with Crippen molar-refractivity contribution in [2.24, 2.45) is 5.41 Å². The van der Waals surface area contributed by atoms with Crippen LogP contribution in [0.1, 0.15) is 44.1 Å². The molecule has 4 heteroatoms. The smallest absolute Gasteiger partial charge is 0.220 e. The maximum absolute atomic E-state index is 11.7. The molecular formula is C15H21NO2S. The van der Waals surface area contributed by atoms with Crippen molar-refractivity contribution in [2.45, 2.75) is 40.2 Å². The minimum Gasteiger partial charge on any atom is -0.395 e. The molecule has 0 unspecified atom stereocenters. The molecule has 1 amide bonds. The average molecular weight is 279 g/mol. The predicted molar refractivity (Wildman–Crippen MR) is 78.8 cm³/mol. The molecule has 0 bridgehead atoms. The van der Waals surface area contributed by atoms with Crippen molar-refractivity contribution in [1.82, 2.24) is 5.32 Å². The summed E-state index contributed by atoms with van der Waals surface area (Å²) in [6.07, 6.45) is 1.02. The lowest BCUT2D eigenvalue weighted by Crippen LogP contribution is -2.26. The molecule has 0 fully saturated rings. The van der Waals surface area contributed by atoms with Gasteiger partial charge in [-0.05, 0) is 11.5 Å². The second kappa shape index (κ2) is 7.32. The number of aliphatic hydroxyl groups is 1. The minimum atomic E-state index is 0.0143. The van der Waals surface area contributed by atoms with Crippen molar-refractivity contribution in [2.75, 3.05) is 6.61 Å². The quantitative estimate of drug-likeness (QED) is 0.832. The Morgan fingerprint density at radius 1 is 1.47 bits per heavy atom. The van der Waals surface area contributed by atoms with Crippen LogP contribution in [-0.2, 0) is 11.3 Å². The summed E-state index contributed by atoms with van der Waals surface area (Å²) >= 11 is 1.59. The Morgan fingerprint density at radius 2 is 2.21 bits per heavy atom. The second-order valence-electron chi connectivity index (χ2n) is 5.59. The lowest BCUT2D eigenvalue weighted by Gasteiger charge is -2.16. The average Bonchev–Trinajstić information content (AvgIpc) is 2.72. The van der Waals surface area contributed by atoms with Crippen LogP contribution in [0, 0.1) is 17.3 Å². The maximum Gasteiger partial charge on any atom is 0.220 e. The Bertz CT molecular complexity index is 474. The summed E-state index contributed by atoms with van der Waals surface area (Å²) in [5, 5.41) is 13.5. The zero-order valence-corrected chi connectivity index (χ0v) is 12.6. The molecule has 0 spiro atoms. The van der Waals surface area contributed by atoms with Crippen LogP contribution in [0.25, 0.3) is 0 Å². The van der Waals surface area contributed by atoms with Crippen LogP contribution in [0.5, 0.6) is 0 Å². The van der Waals surface area contributed by atoms with Gasteiger partial charge in [-0.2, -0.15) is 0 Å². The molecule has 0 saturated heterocycles. The minimum absolute atomic E-state index is 0.0143. The van der Waals surface area contributed by atoms with Crippen molar-refractivity contribution < 1.29 is 9.90 Å². The van der Waals surface area contributed by atoms with Gasteiger partial charge >= 0.3 is 0 Å². The highest BCUT2D eigenvalue weighted by Gasteiger charge is 2.15. The van der Waals surface area contributed by atoms with Gasteiger partial charge in [-0.15, -0.1) is 11.3 Å². The highest BCUT2D eigenvalue weighted by molar-refractivity contribution is 7.10. The number of rotatable bonds is 4. The second-order valence-corrected chi connectivity index (χ2v) is 6.59. The third kappa shape index (κ3) is 7.00. The lowest BCUT2D eigenvalue weighted by atomic mass is 9.92. The van der Waals surface area contributed by atoms with Crippen molar-refractivity contribution >= 4 is 17.2 Å². The van der Waals surface area contributed by atoms with E-state index in [2.05, 4.69) is 17.2 Å². The van der Waals surface area contributed by atoms with Crippen molar-refractivity contribution in [3.63, 3.8) is 0 Å². The van der Waals surface area contributed by atoms with Crippen LogP contribution in [0.4, 0.5) is 0 Å². The van der Waals surface area contributed by atoms with Crippen LogP contribution in [0.2, 0.25) is 0 Å². The zero-order chi connectivity index (χ0) is 14.3. The first-order valence-corrected chi connectivity index (χ1v) is 7.22. The molecule has 3 nitrogen and oxygen atoms in total. The van der Waals surface area contributed by atoms with Gasteiger partial charge in [0.15, 0.2) is 0 Å². The van der Waals surface area contributed by atoms with E-state index in [-0.39, 0.29) is 17.9 Å². The molecule has 1 aromatic rings. The molecule has 104 valence electrons. The van der Waals surface area contributed by atoms with Crippen molar-refractivity contribution in [3.05, 3.63) is 21.9 Å². The number of carbonyl (C=O) groups is 1. The van der Waals surface area contributed by atoms with Crippen LogP contribution < -0.4 is 5.32 Å². The van der Waals surface area contributed by atoms with E-state index in [1.54, 1.807) is 11.3 Å². The fourth-order valence-electron chi connectivity index (χ4n) is 1.49. The molecule has 0 aliphatic carbocycles. The Morgan fingerprint density at radius 3 is 2.84 bits per heavy atom. The van der Waals surface area contributed by atoms with E-state index in [4.69, 9.17) is 5.11 Å². The van der Waals surface area contributed by atoms with Gasteiger partial charge in [-0.25, -0.2) is 0 Å². The summed E-state index contributed by atoms with van der Waals surface area (Å²) in [7, 11) is 0. The maximum atomic E-state index is 11.7. The Hall–Kier alpha value is -1.31. The van der Waals surface area contributed by atoms with E-state index in [1.165, 1.54) is 0 Å². The van der Waals surface area contributed by atoms with Gasteiger partial charge in [0.25, 0.3) is 0 Å². The molecule has 19 heavy (non-hydrogen) atoms. The number of hydrogen-bond acceptors (Lipinski definition) is 3. The van der Waals surface area contributed by atoms with E-state index < -0.39 is 0 Å². The molecule has 0 atom stereocenters. The number of carbonyl (C=O) groups excluding carboxylic acids is 1. The number of amides is 1. The van der Waals surface area contributed by atoms with E-state index >= 15 is 0 Å². The molecule has 1 rings (SSSR count). The monoisotopic (exact) mass is 279 g/mol. The number of hydrogen-bond donors (Lipinski definition) is 2. The Labute approximate surface area is 119 Å². The van der Waals surface area contributed by atoms with Gasteiger partial charge in [0.1, 0.15) is 0 Å². The van der Waals surface area contributed by atoms with E-state index in [0.29, 0.717) is 19.4 Å². The first kappa shape index (κ1) is 15.7. The summed E-state index contributed by atoms with van der Waals surface area (Å²) in [6, 6.07) is 1.98. The van der Waals surface area contributed by atoms with E-state index in [0.717, 1.165) is 10.4 Å². The number of aliphatic hydroxyl groups excluding tert-OH is 1. The zero-order valence-electron chi connectivity index (χ0n) is 11.7. The molecular weight excluding hydrogens is 258 g/mol. The fourth-order valence-corrected chi connectivity index (χ4v) is 2.25. The van der Waals surface area contributed by atoms with Gasteiger partial charge < -0.3 is 10.4 Å². The normalized spacial score (nSPS) is 10.7. The highest BCUT2D eigenvalue weighted by Crippen LogP contribution is 2.18. The Balaban J connectivity index is 2.43. The molecule has 0 aliphatic rings. The number of thiophene rings is 1. The first-order chi connectivity index (χ1) is 8.90. The topological polar surface area (TPSA) is 49.3 Å². The third-order valence-corrected chi connectivity index (χ3v) is 3.21. The molecule has 1 aromatic heterocycles. The van der Waals surface area contributed by atoms with E-state index in [1.807, 2.05) is 32.2 Å². The standard InChI is InChI=1S/C15H21NO2S/c1-15(2,3)9-14(18)16-10-13-8-12(11-19-13)6-4-5-7-17/h8,11,17H,5,7,9-10H2,1-3H3,(H,16,18). The van der Waals surface area contributed by atoms with Crippen molar-refractivity contribution in [3.8, 4) is 11.8 Å². The SMILES string of the molecule is CC(C)(C)CC(=O)NCc1cc(C#CCCO)cs1. The van der Waals surface area contributed by atoms with Gasteiger partial charge in [0.2, 0.25) is 5.91 Å². The number of nitrogens with one attached hydrogen (secondary N) is 1. The Kier molecular flexibility index (Phi) is 6.07. The van der Waals surface area contributed by atoms with Crippen LogP contribution in [-0.4, -0.2) is 17.6 Å². The first-order valence-electron chi connectivity index (χ1n) is 6.34. The molecule has 2 N–H and O–H groups in total. The third-order valence-electron chi connectivity index (χ3n) is 2.27. The fraction of sp³-hybridized carbons (Fsp3) is 0.533. The largest absolute Gasteiger partial charge is 0.395 e. The molecule has 0 aromatic carbocycles. The molecule has 0 saturated carbocycles. The summed E-state index contributed by atoms with van der Waals surface area (Å²) in [4.78, 5) is 12.8. The molecule has 0 aliphatic heterocycles. The van der Waals surface area contributed by atoms with Gasteiger partial charge in [-0.3, -0.25) is 4.79 Å². The predicted octanol–water partition coefficient (Wildman–Crippen LogP) is 2.53. The lowest BCUT2D eigenvalue weighted by molar-refractivity contribution is -0.122. The van der Waals surface area contributed by atoms with Gasteiger partial charge in [0, 0.05) is 28.7 Å². The summed E-state index contributed by atoms with van der Waals surface area (Å²) in [5.41, 5.74) is 0.957. The summed E-state index contributed by atoms with van der Waals surface area (Å²) < 4.78 is 0. The highest BCUT2D eigenvalue weighted by atomic mass is 32.1. The van der Waals surface area contributed by atoms with Crippen LogP contribution >= 0.6 is 11.3 Å². The van der Waals surface area contributed by atoms with Gasteiger partial charge in [0.05, 0.1) is 13.2 Å². The summed E-state index contributed by atoms with van der Waals surface area (Å²) in [5.74, 6) is 5.94. The van der Waals surface area contributed by atoms with Gasteiger partial charge in [-0.1, -0.05) is 32.6 Å².